The summed E-state index contributed by atoms with van der Waals surface area (Å²) < 4.78 is 18.7. The molecule has 0 aromatic heterocycles. The number of benzene rings is 5. The lowest BCUT2D eigenvalue weighted by Crippen LogP contribution is -2.31. The predicted octanol–water partition coefficient (Wildman–Crippen LogP) is 8.98. The molecule has 2 amide bonds. The predicted molar refractivity (Wildman–Crippen MR) is 218 cm³/mol. The summed E-state index contributed by atoms with van der Waals surface area (Å²) in [5, 5.41) is 15.4. The van der Waals surface area contributed by atoms with Crippen molar-refractivity contribution in [2.24, 2.45) is 0 Å². The maximum atomic E-state index is 12.6. The number of nitrogens with two attached hydrogens (primary N) is 1. The molecule has 0 saturated carbocycles. The zero-order valence-electron chi connectivity index (χ0n) is 31.1. The number of hydrogen-bond acceptors (Lipinski definition) is 8. The summed E-state index contributed by atoms with van der Waals surface area (Å²) in [6, 6.07) is 39.5. The molecule has 1 aliphatic rings. The quantitative estimate of drug-likeness (QED) is 0.0420. The van der Waals surface area contributed by atoms with Gasteiger partial charge in [-0.05, 0) is 71.0 Å². The maximum Gasteiger partial charge on any atom is 0.224 e. The standard InChI is InChI=1S/C45H49N3O6S/c1-52-40-14-7-8-15-42(40)55-30-37-27-41(34-20-18-31(29-49)19-21-34)54-45(53-37)35-24-22-33(23-25-35)36-11-9-10-32(26-36)28-47-43(50)16-3-2-4-17-44(51)48-39-13-6-5-12-38(39)46/h5-15,18-26,37,41,45,49H,2-4,16-17,27-30,46H2,1H3,(H,47,50)(H,48,51). The van der Waals surface area contributed by atoms with Crippen molar-refractivity contribution in [1.29, 1.82) is 0 Å². The van der Waals surface area contributed by atoms with Gasteiger partial charge in [-0.3, -0.25) is 9.59 Å². The highest BCUT2D eigenvalue weighted by Crippen LogP contribution is 2.41. The molecular weight excluding hydrogens is 711 g/mol. The van der Waals surface area contributed by atoms with Gasteiger partial charge >= 0.3 is 0 Å². The number of carbonyl (C=O) groups excluding carboxylic acids is 2. The fraction of sp³-hybridized carbons (Fsp3) is 0.289. The molecular formula is C45H49N3O6S. The van der Waals surface area contributed by atoms with Crippen LogP contribution >= 0.6 is 11.8 Å². The highest BCUT2D eigenvalue weighted by Gasteiger charge is 2.32. The summed E-state index contributed by atoms with van der Waals surface area (Å²) in [7, 11) is 1.69. The van der Waals surface area contributed by atoms with Crippen LogP contribution in [0.5, 0.6) is 5.75 Å². The second-order valence-corrected chi connectivity index (χ2v) is 14.7. The van der Waals surface area contributed by atoms with Gasteiger partial charge in [-0.15, -0.1) is 11.8 Å². The zero-order chi connectivity index (χ0) is 38.4. The third kappa shape index (κ3) is 11.4. The number of methoxy groups -OCH3 is 1. The van der Waals surface area contributed by atoms with Crippen molar-refractivity contribution in [3.8, 4) is 16.9 Å². The lowest BCUT2D eigenvalue weighted by molar-refractivity contribution is -0.245. The van der Waals surface area contributed by atoms with Gasteiger partial charge < -0.3 is 35.7 Å². The van der Waals surface area contributed by atoms with Gasteiger partial charge in [0.2, 0.25) is 11.8 Å². The third-order valence-electron chi connectivity index (χ3n) is 9.58. The van der Waals surface area contributed by atoms with Gasteiger partial charge in [0, 0.05) is 42.0 Å². The van der Waals surface area contributed by atoms with Crippen LogP contribution in [0.3, 0.4) is 0 Å². The fourth-order valence-electron chi connectivity index (χ4n) is 6.50. The molecule has 5 N–H and O–H groups in total. The Bertz CT molecular complexity index is 2010. The minimum atomic E-state index is -0.555. The lowest BCUT2D eigenvalue weighted by Gasteiger charge is -2.36. The van der Waals surface area contributed by atoms with Crippen LogP contribution in [0.15, 0.2) is 126 Å². The maximum absolute atomic E-state index is 12.6. The number of nitrogen functional groups attached to an aromatic ring is 1. The van der Waals surface area contributed by atoms with Gasteiger partial charge in [0.25, 0.3) is 0 Å². The van der Waals surface area contributed by atoms with E-state index in [1.807, 2.05) is 66.7 Å². The third-order valence-corrected chi connectivity index (χ3v) is 10.8. The topological polar surface area (TPSA) is 132 Å². The fourth-order valence-corrected chi connectivity index (χ4v) is 7.55. The molecule has 9 nitrogen and oxygen atoms in total. The van der Waals surface area contributed by atoms with E-state index < -0.39 is 6.29 Å². The summed E-state index contributed by atoms with van der Waals surface area (Å²) in [4.78, 5) is 25.9. The number of rotatable bonds is 17. The highest BCUT2D eigenvalue weighted by molar-refractivity contribution is 7.99. The molecule has 5 aromatic rings. The first-order chi connectivity index (χ1) is 26.9. The Morgan fingerprint density at radius 2 is 1.51 bits per heavy atom. The largest absolute Gasteiger partial charge is 0.496 e. The van der Waals surface area contributed by atoms with Crippen molar-refractivity contribution in [1.82, 2.24) is 5.32 Å². The number of carbonyl (C=O) groups is 2. The van der Waals surface area contributed by atoms with E-state index in [2.05, 4.69) is 53.1 Å². The molecule has 1 heterocycles. The second kappa shape index (κ2) is 20.0. The van der Waals surface area contributed by atoms with Crippen LogP contribution in [-0.2, 0) is 32.2 Å². The average molecular weight is 760 g/mol. The van der Waals surface area contributed by atoms with E-state index in [9.17, 15) is 14.7 Å². The smallest absolute Gasteiger partial charge is 0.224 e. The Kier molecular flexibility index (Phi) is 14.4. The number of para-hydroxylation sites is 3. The molecule has 0 bridgehead atoms. The first-order valence-electron chi connectivity index (χ1n) is 18.7. The van der Waals surface area contributed by atoms with E-state index in [0.717, 1.165) is 56.2 Å². The van der Waals surface area contributed by atoms with Gasteiger partial charge in [0.05, 0.1) is 37.3 Å². The second-order valence-electron chi connectivity index (χ2n) is 13.6. The van der Waals surface area contributed by atoms with Crippen LogP contribution in [0.2, 0.25) is 0 Å². The summed E-state index contributed by atoms with van der Waals surface area (Å²) in [5.74, 6) is 1.49. The monoisotopic (exact) mass is 759 g/mol. The number of aliphatic hydroxyl groups excluding tert-OH is 1. The molecule has 0 radical (unpaired) electrons. The first-order valence-corrected chi connectivity index (χ1v) is 19.7. The minimum absolute atomic E-state index is 0.00341. The number of amides is 2. The molecule has 10 heteroatoms. The number of anilines is 2. The number of ether oxygens (including phenoxy) is 3. The van der Waals surface area contributed by atoms with Crippen LogP contribution in [0.1, 0.15) is 73.2 Å². The molecule has 1 aliphatic heterocycles. The minimum Gasteiger partial charge on any atom is -0.496 e. The van der Waals surface area contributed by atoms with E-state index in [0.29, 0.717) is 50.0 Å². The molecule has 0 spiro atoms. The van der Waals surface area contributed by atoms with Crippen LogP contribution in [0.4, 0.5) is 11.4 Å². The first kappa shape index (κ1) is 39.6. The summed E-state index contributed by atoms with van der Waals surface area (Å²) >= 11 is 1.71. The van der Waals surface area contributed by atoms with Crippen LogP contribution < -0.4 is 21.1 Å². The van der Waals surface area contributed by atoms with Crippen LogP contribution in [0.25, 0.3) is 11.1 Å². The summed E-state index contributed by atoms with van der Waals surface area (Å²) in [5.41, 5.74) is 13.0. The molecule has 1 saturated heterocycles. The normalized spacial score (nSPS) is 16.7. The van der Waals surface area contributed by atoms with Crippen molar-refractivity contribution >= 4 is 35.0 Å². The summed E-state index contributed by atoms with van der Waals surface area (Å²) in [6.45, 7) is 0.431. The van der Waals surface area contributed by atoms with E-state index in [1.165, 1.54) is 0 Å². The molecule has 3 unspecified atom stereocenters. The number of unbranched alkanes of at least 4 members (excludes halogenated alkanes) is 2. The number of thioether (sulfide) groups is 1. The van der Waals surface area contributed by atoms with E-state index in [1.54, 1.807) is 31.0 Å². The van der Waals surface area contributed by atoms with E-state index in [4.69, 9.17) is 19.9 Å². The average Bonchev–Trinajstić information content (AvgIpc) is 3.23. The Morgan fingerprint density at radius 1 is 0.782 bits per heavy atom. The van der Waals surface area contributed by atoms with Crippen molar-refractivity contribution in [3.63, 3.8) is 0 Å². The Hall–Kier alpha value is -5.13. The molecule has 55 heavy (non-hydrogen) atoms. The SMILES string of the molecule is COc1ccccc1SCC1CC(c2ccc(CO)cc2)OC(c2ccc(-c3cccc(CNC(=O)CCCCCC(=O)Nc4ccccc4N)c3)cc2)O1. The zero-order valence-corrected chi connectivity index (χ0v) is 31.9. The van der Waals surface area contributed by atoms with Crippen LogP contribution in [-0.4, -0.2) is 35.9 Å². The van der Waals surface area contributed by atoms with E-state index in [-0.39, 0.29) is 30.6 Å². The number of hydrogen-bond donors (Lipinski definition) is 4. The van der Waals surface area contributed by atoms with E-state index >= 15 is 0 Å². The molecule has 3 atom stereocenters. The molecule has 286 valence electrons. The van der Waals surface area contributed by atoms with Crippen molar-refractivity contribution in [2.45, 2.75) is 75.1 Å². The van der Waals surface area contributed by atoms with Crippen molar-refractivity contribution in [3.05, 3.63) is 144 Å². The molecule has 6 rings (SSSR count). The van der Waals surface area contributed by atoms with Crippen molar-refractivity contribution in [2.75, 3.05) is 23.9 Å². The number of aliphatic hydroxyl groups is 1. The van der Waals surface area contributed by atoms with Crippen LogP contribution in [0, 0.1) is 0 Å². The Morgan fingerprint density at radius 3 is 2.27 bits per heavy atom. The van der Waals surface area contributed by atoms with Crippen molar-refractivity contribution < 1.29 is 28.9 Å². The Labute approximate surface area is 327 Å². The van der Waals surface area contributed by atoms with Gasteiger partial charge in [-0.25, -0.2) is 0 Å². The molecule has 1 fully saturated rings. The van der Waals surface area contributed by atoms with Gasteiger partial charge in [-0.2, -0.15) is 0 Å². The number of nitrogens with one attached hydrogen (secondary N) is 2. The molecule has 5 aromatic carbocycles. The van der Waals surface area contributed by atoms with Gasteiger partial charge in [0.1, 0.15) is 5.75 Å². The molecule has 0 aliphatic carbocycles. The van der Waals surface area contributed by atoms with Gasteiger partial charge in [-0.1, -0.05) is 97.4 Å². The Balaban J connectivity index is 1.01. The summed E-state index contributed by atoms with van der Waals surface area (Å²) in [6.07, 6.45) is 2.89. The van der Waals surface area contributed by atoms with Gasteiger partial charge in [0.15, 0.2) is 6.29 Å². The highest BCUT2D eigenvalue weighted by atomic mass is 32.2. The lowest BCUT2D eigenvalue weighted by atomic mass is 9.99.